The molecular weight excluding hydrogens is 238 g/mol. The molecule has 0 aliphatic rings. The van der Waals surface area contributed by atoms with Crippen LogP contribution in [0.1, 0.15) is 17.2 Å². The van der Waals surface area contributed by atoms with Gasteiger partial charge in [0.1, 0.15) is 6.04 Å². The molecule has 1 atom stereocenters. The molecule has 0 aliphatic carbocycles. The van der Waals surface area contributed by atoms with Gasteiger partial charge in [-0.05, 0) is 25.1 Å². The minimum atomic E-state index is -0.430. The maximum absolute atomic E-state index is 9.25. The smallest absolute Gasteiger partial charge is 0.212 e. The molecule has 0 bridgehead atoms. The lowest BCUT2D eigenvalue weighted by Gasteiger charge is -2.13. The Morgan fingerprint density at radius 1 is 1.21 bits per heavy atom. The van der Waals surface area contributed by atoms with E-state index in [0.717, 1.165) is 11.3 Å². The lowest BCUT2D eigenvalue weighted by atomic mass is 10.1. The van der Waals surface area contributed by atoms with Gasteiger partial charge in [0.05, 0.1) is 13.2 Å². The third kappa shape index (κ3) is 3.23. The summed E-state index contributed by atoms with van der Waals surface area (Å²) in [5.41, 5.74) is 2.90. The van der Waals surface area contributed by atoms with Crippen LogP contribution in [-0.2, 0) is 0 Å². The van der Waals surface area contributed by atoms with Gasteiger partial charge in [0.15, 0.2) is 0 Å². The highest BCUT2D eigenvalue weighted by atomic mass is 16.5. The molecule has 0 amide bonds. The number of rotatable bonds is 4. The van der Waals surface area contributed by atoms with Crippen LogP contribution in [0.4, 0.5) is 5.69 Å². The van der Waals surface area contributed by atoms with Crippen LogP contribution < -0.4 is 10.1 Å². The largest absolute Gasteiger partial charge is 0.481 e. The lowest BCUT2D eigenvalue weighted by Crippen LogP contribution is -2.08. The molecule has 1 unspecified atom stereocenters. The van der Waals surface area contributed by atoms with Crippen LogP contribution in [-0.4, -0.2) is 12.1 Å². The van der Waals surface area contributed by atoms with Crippen LogP contribution in [0.15, 0.2) is 42.6 Å². The summed E-state index contributed by atoms with van der Waals surface area (Å²) < 4.78 is 5.00. The number of ether oxygens (including phenoxy) is 1. The molecule has 2 rings (SSSR count). The molecule has 4 heteroatoms. The first kappa shape index (κ1) is 12.9. The van der Waals surface area contributed by atoms with E-state index in [1.165, 1.54) is 5.56 Å². The van der Waals surface area contributed by atoms with Crippen molar-refractivity contribution in [2.45, 2.75) is 13.0 Å². The van der Waals surface area contributed by atoms with Crippen LogP contribution >= 0.6 is 0 Å². The average Bonchev–Trinajstić information content (AvgIpc) is 2.47. The fraction of sp³-hybridized carbons (Fsp3) is 0.200. The van der Waals surface area contributed by atoms with E-state index in [0.29, 0.717) is 5.88 Å². The second-order valence-corrected chi connectivity index (χ2v) is 4.21. The highest BCUT2D eigenvalue weighted by Gasteiger charge is 2.10. The Bertz CT molecular complexity index is 570. The third-order valence-electron chi connectivity index (χ3n) is 2.79. The molecule has 2 aromatic rings. The summed E-state index contributed by atoms with van der Waals surface area (Å²) in [7, 11) is 1.56. The van der Waals surface area contributed by atoms with E-state index in [1.807, 2.05) is 37.3 Å². The van der Waals surface area contributed by atoms with Crippen LogP contribution in [0.5, 0.6) is 5.88 Å². The summed E-state index contributed by atoms with van der Waals surface area (Å²) in [6.07, 6.45) is 1.65. The molecule has 0 spiro atoms. The Labute approximate surface area is 112 Å². The summed E-state index contributed by atoms with van der Waals surface area (Å²) in [5, 5.41) is 12.4. The number of nitriles is 1. The monoisotopic (exact) mass is 253 g/mol. The van der Waals surface area contributed by atoms with Crippen molar-refractivity contribution in [1.82, 2.24) is 4.98 Å². The molecular formula is C15H15N3O. The van der Waals surface area contributed by atoms with Crippen LogP contribution in [0.3, 0.4) is 0 Å². The topological polar surface area (TPSA) is 57.9 Å². The Balaban J connectivity index is 2.15. The molecule has 0 saturated heterocycles. The second-order valence-electron chi connectivity index (χ2n) is 4.21. The Morgan fingerprint density at radius 3 is 2.47 bits per heavy atom. The summed E-state index contributed by atoms with van der Waals surface area (Å²) in [6, 6.07) is 13.3. The standard InChI is InChI=1S/C15H15N3O/c1-11-3-6-13(7-4-11)18-14(9-16)12-5-8-15(19-2)17-10-12/h3-8,10,14,18H,1-2H3. The molecule has 96 valence electrons. The van der Waals surface area contributed by atoms with E-state index < -0.39 is 6.04 Å². The average molecular weight is 253 g/mol. The summed E-state index contributed by atoms with van der Waals surface area (Å²) in [5.74, 6) is 0.538. The van der Waals surface area contributed by atoms with Crippen LogP contribution in [0, 0.1) is 18.3 Å². The van der Waals surface area contributed by atoms with Gasteiger partial charge in [0.2, 0.25) is 5.88 Å². The van der Waals surface area contributed by atoms with Gasteiger partial charge >= 0.3 is 0 Å². The van der Waals surface area contributed by atoms with E-state index >= 15 is 0 Å². The van der Waals surface area contributed by atoms with Crippen molar-refractivity contribution >= 4 is 5.69 Å². The van der Waals surface area contributed by atoms with Crippen molar-refractivity contribution in [3.8, 4) is 11.9 Å². The van der Waals surface area contributed by atoms with Gasteiger partial charge in [0.25, 0.3) is 0 Å². The van der Waals surface area contributed by atoms with Gasteiger partial charge in [0, 0.05) is 23.5 Å². The van der Waals surface area contributed by atoms with Crippen LogP contribution in [0.25, 0.3) is 0 Å². The maximum atomic E-state index is 9.25. The quantitative estimate of drug-likeness (QED) is 0.909. The number of benzene rings is 1. The molecule has 4 nitrogen and oxygen atoms in total. The Morgan fingerprint density at radius 2 is 1.95 bits per heavy atom. The molecule has 0 fully saturated rings. The zero-order chi connectivity index (χ0) is 13.7. The van der Waals surface area contributed by atoms with Gasteiger partial charge in [-0.25, -0.2) is 4.98 Å². The molecule has 0 aliphatic heterocycles. The van der Waals surface area contributed by atoms with E-state index in [2.05, 4.69) is 16.4 Å². The van der Waals surface area contributed by atoms with E-state index in [9.17, 15) is 5.26 Å². The zero-order valence-corrected chi connectivity index (χ0v) is 10.9. The SMILES string of the molecule is COc1ccc(C(C#N)Nc2ccc(C)cc2)cn1. The number of aryl methyl sites for hydroxylation is 1. The molecule has 1 heterocycles. The molecule has 19 heavy (non-hydrogen) atoms. The van der Waals surface area contributed by atoms with Gasteiger partial charge in [-0.3, -0.25) is 0 Å². The summed E-state index contributed by atoms with van der Waals surface area (Å²) >= 11 is 0. The number of anilines is 1. The maximum Gasteiger partial charge on any atom is 0.212 e. The normalized spacial score (nSPS) is 11.4. The van der Waals surface area contributed by atoms with E-state index in [4.69, 9.17) is 4.74 Å². The first-order chi connectivity index (χ1) is 9.22. The number of pyridine rings is 1. The number of nitrogens with one attached hydrogen (secondary N) is 1. The highest BCUT2D eigenvalue weighted by molar-refractivity contribution is 5.48. The Kier molecular flexibility index (Phi) is 3.99. The first-order valence-electron chi connectivity index (χ1n) is 5.95. The minimum Gasteiger partial charge on any atom is -0.481 e. The number of methoxy groups -OCH3 is 1. The van der Waals surface area contributed by atoms with Crippen molar-refractivity contribution < 1.29 is 4.74 Å². The van der Waals surface area contributed by atoms with Gasteiger partial charge in [-0.1, -0.05) is 17.7 Å². The number of nitrogens with zero attached hydrogens (tertiary/aromatic N) is 2. The molecule has 1 aromatic carbocycles. The van der Waals surface area contributed by atoms with Crippen molar-refractivity contribution in [2.24, 2.45) is 0 Å². The molecule has 1 aromatic heterocycles. The fourth-order valence-electron chi connectivity index (χ4n) is 1.69. The molecule has 0 saturated carbocycles. The Hall–Kier alpha value is -2.54. The van der Waals surface area contributed by atoms with Crippen molar-refractivity contribution in [3.63, 3.8) is 0 Å². The highest BCUT2D eigenvalue weighted by Crippen LogP contribution is 2.20. The number of hydrogen-bond donors (Lipinski definition) is 1. The molecule has 0 radical (unpaired) electrons. The number of hydrogen-bond acceptors (Lipinski definition) is 4. The zero-order valence-electron chi connectivity index (χ0n) is 10.9. The molecule has 1 N–H and O–H groups in total. The van der Waals surface area contributed by atoms with Gasteiger partial charge < -0.3 is 10.1 Å². The van der Waals surface area contributed by atoms with E-state index in [-0.39, 0.29) is 0 Å². The third-order valence-corrected chi connectivity index (χ3v) is 2.79. The minimum absolute atomic E-state index is 0.430. The number of aromatic nitrogens is 1. The predicted octanol–water partition coefficient (Wildman–Crippen LogP) is 3.08. The fourth-order valence-corrected chi connectivity index (χ4v) is 1.69. The summed E-state index contributed by atoms with van der Waals surface area (Å²) in [4.78, 5) is 4.11. The van der Waals surface area contributed by atoms with Crippen LogP contribution in [0.2, 0.25) is 0 Å². The van der Waals surface area contributed by atoms with Gasteiger partial charge in [-0.2, -0.15) is 5.26 Å². The first-order valence-corrected chi connectivity index (χ1v) is 5.95. The van der Waals surface area contributed by atoms with Gasteiger partial charge in [-0.15, -0.1) is 0 Å². The predicted molar refractivity (Wildman–Crippen MR) is 73.9 cm³/mol. The van der Waals surface area contributed by atoms with Crippen molar-refractivity contribution in [2.75, 3.05) is 12.4 Å². The van der Waals surface area contributed by atoms with Crippen molar-refractivity contribution in [1.29, 1.82) is 5.26 Å². The van der Waals surface area contributed by atoms with Crippen molar-refractivity contribution in [3.05, 3.63) is 53.7 Å². The lowest BCUT2D eigenvalue weighted by molar-refractivity contribution is 0.397. The summed E-state index contributed by atoms with van der Waals surface area (Å²) in [6.45, 7) is 2.03. The van der Waals surface area contributed by atoms with E-state index in [1.54, 1.807) is 19.4 Å². The second kappa shape index (κ2) is 5.87.